The van der Waals surface area contributed by atoms with E-state index in [9.17, 15) is 4.79 Å². The SMILES string of the molecule is COC(=O)c1cncc(-c2ccoc2)c1. The van der Waals surface area contributed by atoms with Crippen LogP contribution in [0.25, 0.3) is 11.1 Å². The first kappa shape index (κ1) is 9.45. The first-order valence-corrected chi connectivity index (χ1v) is 4.37. The standard InChI is InChI=1S/C11H9NO3/c1-14-11(13)10-4-9(5-12-6-10)8-2-3-15-7-8/h2-7H,1H3. The van der Waals surface area contributed by atoms with Gasteiger partial charge in [0, 0.05) is 23.5 Å². The third kappa shape index (κ3) is 1.88. The number of hydrogen-bond acceptors (Lipinski definition) is 4. The first-order valence-electron chi connectivity index (χ1n) is 4.37. The normalized spacial score (nSPS) is 9.93. The predicted molar refractivity (Wildman–Crippen MR) is 53.3 cm³/mol. The summed E-state index contributed by atoms with van der Waals surface area (Å²) in [5, 5.41) is 0. The number of ether oxygens (including phenoxy) is 1. The van der Waals surface area contributed by atoms with Crippen molar-refractivity contribution in [3.8, 4) is 11.1 Å². The Hall–Kier alpha value is -2.10. The molecule has 2 aromatic rings. The van der Waals surface area contributed by atoms with E-state index in [1.807, 2.05) is 0 Å². The third-order valence-corrected chi connectivity index (χ3v) is 2.01. The number of hydrogen-bond donors (Lipinski definition) is 0. The van der Waals surface area contributed by atoms with E-state index in [1.54, 1.807) is 30.9 Å². The van der Waals surface area contributed by atoms with Crippen LogP contribution in [0.2, 0.25) is 0 Å². The highest BCUT2D eigenvalue weighted by Gasteiger charge is 2.07. The molecule has 0 radical (unpaired) electrons. The monoisotopic (exact) mass is 203 g/mol. The zero-order valence-corrected chi connectivity index (χ0v) is 8.14. The number of furan rings is 1. The van der Waals surface area contributed by atoms with Crippen molar-refractivity contribution in [3.05, 3.63) is 42.6 Å². The van der Waals surface area contributed by atoms with E-state index in [2.05, 4.69) is 9.72 Å². The van der Waals surface area contributed by atoms with Crippen molar-refractivity contribution in [1.82, 2.24) is 4.98 Å². The Labute approximate surface area is 86.5 Å². The summed E-state index contributed by atoms with van der Waals surface area (Å²) in [5.74, 6) is -0.396. The molecule has 4 heteroatoms. The number of esters is 1. The van der Waals surface area contributed by atoms with Crippen molar-refractivity contribution in [2.45, 2.75) is 0 Å². The van der Waals surface area contributed by atoms with Crippen molar-refractivity contribution < 1.29 is 13.9 Å². The van der Waals surface area contributed by atoms with Gasteiger partial charge in [-0.25, -0.2) is 4.79 Å². The molecule has 0 fully saturated rings. The van der Waals surface area contributed by atoms with Gasteiger partial charge in [0.2, 0.25) is 0 Å². The van der Waals surface area contributed by atoms with Gasteiger partial charge < -0.3 is 9.15 Å². The Balaban J connectivity index is 2.39. The highest BCUT2D eigenvalue weighted by molar-refractivity contribution is 5.90. The summed E-state index contributed by atoms with van der Waals surface area (Å²) < 4.78 is 9.56. The van der Waals surface area contributed by atoms with Gasteiger partial charge in [-0.05, 0) is 12.1 Å². The minimum absolute atomic E-state index is 0.396. The van der Waals surface area contributed by atoms with E-state index in [1.165, 1.54) is 13.3 Å². The number of carbonyl (C=O) groups is 1. The van der Waals surface area contributed by atoms with Crippen LogP contribution in [-0.2, 0) is 4.74 Å². The van der Waals surface area contributed by atoms with E-state index >= 15 is 0 Å². The summed E-state index contributed by atoms with van der Waals surface area (Å²) in [7, 11) is 1.34. The van der Waals surface area contributed by atoms with Gasteiger partial charge in [-0.1, -0.05) is 0 Å². The van der Waals surface area contributed by atoms with Crippen LogP contribution in [0.5, 0.6) is 0 Å². The van der Waals surface area contributed by atoms with Gasteiger partial charge in [0.1, 0.15) is 0 Å². The predicted octanol–water partition coefficient (Wildman–Crippen LogP) is 2.13. The molecule has 0 aliphatic carbocycles. The fraction of sp³-hybridized carbons (Fsp3) is 0.0909. The van der Waals surface area contributed by atoms with E-state index < -0.39 is 5.97 Å². The zero-order valence-electron chi connectivity index (χ0n) is 8.14. The van der Waals surface area contributed by atoms with Gasteiger partial charge in [-0.3, -0.25) is 4.98 Å². The highest BCUT2D eigenvalue weighted by atomic mass is 16.5. The molecule has 0 aliphatic heterocycles. The number of nitrogens with zero attached hydrogens (tertiary/aromatic N) is 1. The van der Waals surface area contributed by atoms with Crippen molar-refractivity contribution in [2.75, 3.05) is 7.11 Å². The average Bonchev–Trinajstić information content (AvgIpc) is 2.82. The minimum Gasteiger partial charge on any atom is -0.472 e. The lowest BCUT2D eigenvalue weighted by atomic mass is 10.1. The summed E-state index contributed by atoms with van der Waals surface area (Å²) in [6.07, 6.45) is 6.30. The molecule has 76 valence electrons. The number of carbonyl (C=O) groups excluding carboxylic acids is 1. The second-order valence-electron chi connectivity index (χ2n) is 2.97. The van der Waals surface area contributed by atoms with E-state index in [0.29, 0.717) is 5.56 Å². The zero-order chi connectivity index (χ0) is 10.7. The average molecular weight is 203 g/mol. The topological polar surface area (TPSA) is 52.3 Å². The molecule has 0 aliphatic rings. The molecule has 2 aromatic heterocycles. The first-order chi connectivity index (χ1) is 7.31. The maximum Gasteiger partial charge on any atom is 0.339 e. The third-order valence-electron chi connectivity index (χ3n) is 2.01. The van der Waals surface area contributed by atoms with Crippen LogP contribution in [0.15, 0.2) is 41.5 Å². The molecule has 0 aromatic carbocycles. The second kappa shape index (κ2) is 3.96. The minimum atomic E-state index is -0.396. The Morgan fingerprint density at radius 1 is 1.40 bits per heavy atom. The molecular weight excluding hydrogens is 194 g/mol. The summed E-state index contributed by atoms with van der Waals surface area (Å²) in [5.41, 5.74) is 2.14. The molecule has 4 nitrogen and oxygen atoms in total. The Bertz CT molecular complexity index is 462. The van der Waals surface area contributed by atoms with Crippen LogP contribution in [0, 0.1) is 0 Å². The highest BCUT2D eigenvalue weighted by Crippen LogP contribution is 2.19. The van der Waals surface area contributed by atoms with Gasteiger partial charge in [0.25, 0.3) is 0 Å². The van der Waals surface area contributed by atoms with Crippen molar-refractivity contribution >= 4 is 5.97 Å². The van der Waals surface area contributed by atoms with Gasteiger partial charge in [0.05, 0.1) is 25.2 Å². The van der Waals surface area contributed by atoms with E-state index in [0.717, 1.165) is 11.1 Å². The molecule has 2 heterocycles. The van der Waals surface area contributed by atoms with E-state index in [-0.39, 0.29) is 0 Å². The maximum absolute atomic E-state index is 11.2. The molecule has 0 N–H and O–H groups in total. The molecule has 15 heavy (non-hydrogen) atoms. The fourth-order valence-corrected chi connectivity index (χ4v) is 1.26. The molecule has 0 bridgehead atoms. The van der Waals surface area contributed by atoms with Crippen LogP contribution in [-0.4, -0.2) is 18.1 Å². The van der Waals surface area contributed by atoms with Gasteiger partial charge >= 0.3 is 5.97 Å². The summed E-state index contributed by atoms with van der Waals surface area (Å²) >= 11 is 0. The molecule has 0 unspecified atom stereocenters. The summed E-state index contributed by atoms with van der Waals surface area (Å²) in [6, 6.07) is 3.52. The lowest BCUT2D eigenvalue weighted by molar-refractivity contribution is 0.0600. The molecule has 0 saturated heterocycles. The van der Waals surface area contributed by atoms with Gasteiger partial charge in [-0.15, -0.1) is 0 Å². The number of rotatable bonds is 2. The molecule has 2 rings (SSSR count). The molecule has 0 amide bonds. The quantitative estimate of drug-likeness (QED) is 0.701. The fourth-order valence-electron chi connectivity index (χ4n) is 1.26. The Kier molecular flexibility index (Phi) is 2.49. The maximum atomic E-state index is 11.2. The van der Waals surface area contributed by atoms with Crippen LogP contribution in [0.1, 0.15) is 10.4 Å². The number of methoxy groups -OCH3 is 1. The number of pyridine rings is 1. The van der Waals surface area contributed by atoms with Crippen LogP contribution >= 0.6 is 0 Å². The largest absolute Gasteiger partial charge is 0.472 e. The van der Waals surface area contributed by atoms with Crippen molar-refractivity contribution in [1.29, 1.82) is 0 Å². The molecule has 0 atom stereocenters. The smallest absolute Gasteiger partial charge is 0.339 e. The lowest BCUT2D eigenvalue weighted by Crippen LogP contribution is -2.01. The van der Waals surface area contributed by atoms with Crippen molar-refractivity contribution in [3.63, 3.8) is 0 Å². The second-order valence-corrected chi connectivity index (χ2v) is 2.97. The van der Waals surface area contributed by atoms with Crippen LogP contribution in [0.4, 0.5) is 0 Å². The summed E-state index contributed by atoms with van der Waals surface area (Å²) in [6.45, 7) is 0. The summed E-state index contributed by atoms with van der Waals surface area (Å²) in [4.78, 5) is 15.2. The van der Waals surface area contributed by atoms with Crippen LogP contribution < -0.4 is 0 Å². The van der Waals surface area contributed by atoms with Gasteiger partial charge in [0.15, 0.2) is 0 Å². The molecule has 0 saturated carbocycles. The van der Waals surface area contributed by atoms with Crippen LogP contribution in [0.3, 0.4) is 0 Å². The van der Waals surface area contributed by atoms with E-state index in [4.69, 9.17) is 4.42 Å². The van der Waals surface area contributed by atoms with Crippen molar-refractivity contribution in [2.24, 2.45) is 0 Å². The Morgan fingerprint density at radius 2 is 2.27 bits per heavy atom. The van der Waals surface area contributed by atoms with Gasteiger partial charge in [-0.2, -0.15) is 0 Å². The molecular formula is C11H9NO3. The lowest BCUT2D eigenvalue weighted by Gasteiger charge is -2.00. The Morgan fingerprint density at radius 3 is 2.93 bits per heavy atom. The molecule has 0 spiro atoms. The number of aromatic nitrogens is 1.